The zero-order valence-corrected chi connectivity index (χ0v) is 17.2. The van der Waals surface area contributed by atoms with Gasteiger partial charge in [0.05, 0.1) is 13.7 Å². The zero-order valence-electron chi connectivity index (χ0n) is 16.4. The first kappa shape index (κ1) is 19.9. The molecule has 1 atom stereocenters. The van der Waals surface area contributed by atoms with Crippen LogP contribution in [0.15, 0.2) is 53.7 Å². The van der Waals surface area contributed by atoms with Crippen LogP contribution in [-0.4, -0.2) is 39.7 Å². The largest absolute Gasteiger partial charge is 0.497 e. The Morgan fingerprint density at radius 2 is 1.93 bits per heavy atom. The first-order valence-corrected chi connectivity index (χ1v) is 9.91. The normalized spacial score (nSPS) is 11.9. The molecule has 146 valence electrons. The van der Waals surface area contributed by atoms with E-state index in [0.717, 1.165) is 22.6 Å². The molecule has 0 saturated heterocycles. The second kappa shape index (κ2) is 8.93. The summed E-state index contributed by atoms with van der Waals surface area (Å²) in [6.07, 6.45) is 0. The van der Waals surface area contributed by atoms with Crippen LogP contribution in [0.4, 0.5) is 0 Å². The van der Waals surface area contributed by atoms with Gasteiger partial charge in [0, 0.05) is 11.3 Å². The van der Waals surface area contributed by atoms with Crippen LogP contribution in [0.25, 0.3) is 17.1 Å². The quantitative estimate of drug-likeness (QED) is 0.438. The van der Waals surface area contributed by atoms with Crippen molar-refractivity contribution in [2.24, 2.45) is 0 Å². The summed E-state index contributed by atoms with van der Waals surface area (Å²) in [5.74, 6) is 1.15. The van der Waals surface area contributed by atoms with Crippen LogP contribution >= 0.6 is 11.8 Å². The average Bonchev–Trinajstić information content (AvgIpc) is 3.12. The van der Waals surface area contributed by atoms with Crippen LogP contribution in [0, 0.1) is 6.92 Å². The number of carbonyl (C=O) groups is 1. The Balaban J connectivity index is 2.06. The summed E-state index contributed by atoms with van der Waals surface area (Å²) in [6, 6.07) is 15.8. The second-order valence-electron chi connectivity index (χ2n) is 6.22. The Kier molecular flexibility index (Phi) is 6.36. The van der Waals surface area contributed by atoms with Crippen molar-refractivity contribution in [2.75, 3.05) is 13.7 Å². The number of rotatable bonds is 7. The molecule has 0 spiro atoms. The van der Waals surface area contributed by atoms with Gasteiger partial charge in [-0.1, -0.05) is 41.6 Å². The molecule has 0 aliphatic heterocycles. The molecule has 0 saturated carbocycles. The molecular weight excluding hydrogens is 374 g/mol. The molecule has 0 fully saturated rings. The standard InChI is InChI=1S/C21H23N3O3S/c1-5-27-20(25)15(3)28-21-23-22-19(16-7-6-8-18(13-16)26-4)24(21)17-11-9-14(2)10-12-17/h6-13,15H,5H2,1-4H3/t15-/m1/s1. The van der Waals surface area contributed by atoms with Gasteiger partial charge in [-0.05, 0) is 45.0 Å². The predicted octanol–water partition coefficient (Wildman–Crippen LogP) is 4.30. The van der Waals surface area contributed by atoms with Gasteiger partial charge in [0.15, 0.2) is 11.0 Å². The topological polar surface area (TPSA) is 66.2 Å². The molecule has 0 aliphatic rings. The number of ether oxygens (including phenoxy) is 2. The summed E-state index contributed by atoms with van der Waals surface area (Å²) in [5.41, 5.74) is 2.96. The summed E-state index contributed by atoms with van der Waals surface area (Å²) in [5, 5.41) is 8.99. The third-order valence-corrected chi connectivity index (χ3v) is 5.18. The predicted molar refractivity (Wildman–Crippen MR) is 110 cm³/mol. The number of methoxy groups -OCH3 is 1. The Hall–Kier alpha value is -2.80. The highest BCUT2D eigenvalue weighted by atomic mass is 32.2. The maximum atomic E-state index is 12.1. The molecule has 0 bridgehead atoms. The molecule has 7 heteroatoms. The van der Waals surface area contributed by atoms with Crippen LogP contribution in [0.5, 0.6) is 5.75 Å². The summed E-state index contributed by atoms with van der Waals surface area (Å²) in [4.78, 5) is 12.1. The van der Waals surface area contributed by atoms with E-state index in [-0.39, 0.29) is 5.97 Å². The van der Waals surface area contributed by atoms with Crippen molar-refractivity contribution in [2.45, 2.75) is 31.2 Å². The Bertz CT molecular complexity index is 954. The molecule has 0 unspecified atom stereocenters. The van der Waals surface area contributed by atoms with Gasteiger partial charge in [0.2, 0.25) is 0 Å². The van der Waals surface area contributed by atoms with E-state index in [4.69, 9.17) is 9.47 Å². The summed E-state index contributed by atoms with van der Waals surface area (Å²) in [6.45, 7) is 5.99. The molecule has 6 nitrogen and oxygen atoms in total. The minimum atomic E-state index is -0.397. The summed E-state index contributed by atoms with van der Waals surface area (Å²) < 4.78 is 12.4. The maximum absolute atomic E-state index is 12.1. The molecule has 3 rings (SSSR count). The lowest BCUT2D eigenvalue weighted by Crippen LogP contribution is -2.17. The first-order valence-electron chi connectivity index (χ1n) is 9.03. The molecule has 0 amide bonds. The number of hydrogen-bond donors (Lipinski definition) is 0. The lowest BCUT2D eigenvalue weighted by atomic mass is 10.2. The molecule has 0 radical (unpaired) electrons. The number of carbonyl (C=O) groups excluding carboxylic acids is 1. The van der Waals surface area contributed by atoms with Crippen LogP contribution in [0.2, 0.25) is 0 Å². The van der Waals surface area contributed by atoms with Gasteiger partial charge in [-0.2, -0.15) is 0 Å². The number of aromatic nitrogens is 3. The van der Waals surface area contributed by atoms with Crippen molar-refractivity contribution in [1.29, 1.82) is 0 Å². The van der Waals surface area contributed by atoms with Crippen LogP contribution in [0.1, 0.15) is 19.4 Å². The lowest BCUT2D eigenvalue weighted by molar-refractivity contribution is -0.142. The van der Waals surface area contributed by atoms with E-state index < -0.39 is 5.25 Å². The maximum Gasteiger partial charge on any atom is 0.319 e. The summed E-state index contributed by atoms with van der Waals surface area (Å²) in [7, 11) is 1.63. The molecule has 2 aromatic carbocycles. The van der Waals surface area contributed by atoms with Crippen LogP contribution in [0.3, 0.4) is 0 Å². The molecule has 28 heavy (non-hydrogen) atoms. The zero-order chi connectivity index (χ0) is 20.1. The third kappa shape index (κ3) is 4.36. The van der Waals surface area contributed by atoms with E-state index in [1.165, 1.54) is 11.8 Å². The van der Waals surface area contributed by atoms with Crippen LogP contribution in [-0.2, 0) is 9.53 Å². The van der Waals surface area contributed by atoms with Crippen molar-refractivity contribution in [3.05, 3.63) is 54.1 Å². The minimum absolute atomic E-state index is 0.270. The van der Waals surface area contributed by atoms with Crippen molar-refractivity contribution in [3.63, 3.8) is 0 Å². The smallest absolute Gasteiger partial charge is 0.319 e. The van der Waals surface area contributed by atoms with Crippen molar-refractivity contribution >= 4 is 17.7 Å². The monoisotopic (exact) mass is 397 g/mol. The highest BCUT2D eigenvalue weighted by Gasteiger charge is 2.22. The van der Waals surface area contributed by atoms with Crippen LogP contribution < -0.4 is 4.74 Å². The fourth-order valence-corrected chi connectivity index (χ4v) is 3.55. The van der Waals surface area contributed by atoms with E-state index >= 15 is 0 Å². The van der Waals surface area contributed by atoms with Gasteiger partial charge in [-0.3, -0.25) is 9.36 Å². The molecule has 3 aromatic rings. The van der Waals surface area contributed by atoms with Crippen molar-refractivity contribution < 1.29 is 14.3 Å². The second-order valence-corrected chi connectivity index (χ2v) is 7.53. The average molecular weight is 398 g/mol. The van der Waals surface area contributed by atoms with Crippen molar-refractivity contribution in [3.8, 4) is 22.8 Å². The van der Waals surface area contributed by atoms with E-state index in [9.17, 15) is 4.79 Å². The van der Waals surface area contributed by atoms with Gasteiger partial charge in [-0.25, -0.2) is 0 Å². The SMILES string of the molecule is CCOC(=O)[C@@H](C)Sc1nnc(-c2cccc(OC)c2)n1-c1ccc(C)cc1. The number of esters is 1. The summed E-state index contributed by atoms with van der Waals surface area (Å²) >= 11 is 1.33. The van der Waals surface area contributed by atoms with E-state index in [2.05, 4.69) is 10.2 Å². The van der Waals surface area contributed by atoms with E-state index in [0.29, 0.717) is 17.6 Å². The fraction of sp³-hybridized carbons (Fsp3) is 0.286. The number of nitrogens with zero attached hydrogens (tertiary/aromatic N) is 3. The minimum Gasteiger partial charge on any atom is -0.497 e. The van der Waals surface area contributed by atoms with Crippen molar-refractivity contribution in [1.82, 2.24) is 14.8 Å². The highest BCUT2D eigenvalue weighted by molar-refractivity contribution is 8.00. The van der Waals surface area contributed by atoms with E-state index in [1.54, 1.807) is 14.0 Å². The number of hydrogen-bond acceptors (Lipinski definition) is 6. The number of aryl methyl sites for hydroxylation is 1. The Morgan fingerprint density at radius 3 is 2.61 bits per heavy atom. The Morgan fingerprint density at radius 1 is 1.18 bits per heavy atom. The fourth-order valence-electron chi connectivity index (χ4n) is 2.69. The third-order valence-electron chi connectivity index (χ3n) is 4.15. The molecular formula is C21H23N3O3S. The van der Waals surface area contributed by atoms with Gasteiger partial charge >= 0.3 is 5.97 Å². The van der Waals surface area contributed by atoms with Gasteiger partial charge < -0.3 is 9.47 Å². The number of thioether (sulfide) groups is 1. The first-order chi connectivity index (χ1) is 13.5. The molecule has 0 aliphatic carbocycles. The van der Waals surface area contributed by atoms with Gasteiger partial charge in [0.1, 0.15) is 11.0 Å². The Labute approximate surface area is 168 Å². The molecule has 1 aromatic heterocycles. The van der Waals surface area contributed by atoms with E-state index in [1.807, 2.05) is 66.9 Å². The molecule has 0 N–H and O–H groups in total. The lowest BCUT2D eigenvalue weighted by Gasteiger charge is -2.13. The highest BCUT2D eigenvalue weighted by Crippen LogP contribution is 2.31. The van der Waals surface area contributed by atoms with Gasteiger partial charge in [0.25, 0.3) is 0 Å². The van der Waals surface area contributed by atoms with Gasteiger partial charge in [-0.15, -0.1) is 10.2 Å². The number of benzene rings is 2. The molecule has 1 heterocycles.